The summed E-state index contributed by atoms with van der Waals surface area (Å²) in [5, 5.41) is 13.4. The first-order valence-corrected chi connectivity index (χ1v) is 17.6. The molecular formula is C37H55N7O7. The number of rotatable bonds is 12. The smallest absolute Gasteiger partial charge is 0.315 e. The van der Waals surface area contributed by atoms with Crippen molar-refractivity contribution in [3.05, 3.63) is 35.9 Å². The lowest BCUT2D eigenvalue weighted by molar-refractivity contribution is -0.145. The predicted molar refractivity (Wildman–Crippen MR) is 190 cm³/mol. The number of Topliss-reactive ketones (excluding diaryl/α,β-unsaturated/α-hetero) is 1. The standard InChI is InChI=1S/C37H55N7O7/c1-35(2,3)29(41-34(51)42-36(4,5)6)33(50)44-19-22-24(37(22,7)8)27(44)30(47)40-25(21-16-17-21)28(46)31(48)38-18-23(45)39-26(32(49)43(9)10)20-14-12-11-13-15-20/h11-15,21-22,24-27,29H,16-19H2,1-10H3,(H,38,48)(H,39,45)(H,40,47)(H2,41,42,51)/t22-,24-,25?,26-,27-,29+/m0/s1. The zero-order valence-electron chi connectivity index (χ0n) is 31.5. The molecule has 280 valence electrons. The van der Waals surface area contributed by atoms with Crippen LogP contribution in [-0.2, 0) is 28.8 Å². The van der Waals surface area contributed by atoms with Crippen LogP contribution < -0.4 is 26.6 Å². The van der Waals surface area contributed by atoms with Crippen LogP contribution in [0.1, 0.15) is 79.8 Å². The summed E-state index contributed by atoms with van der Waals surface area (Å²) in [7, 11) is 3.13. The lowest BCUT2D eigenvalue weighted by atomic mass is 9.85. The Morgan fingerprint density at radius 3 is 2.04 bits per heavy atom. The topological polar surface area (TPSA) is 186 Å². The molecule has 0 bridgehead atoms. The molecule has 6 atom stereocenters. The average molecular weight is 710 g/mol. The molecule has 3 aliphatic rings. The number of nitrogens with zero attached hydrogens (tertiary/aromatic N) is 2. The normalized spacial score (nSPS) is 22.3. The lowest BCUT2D eigenvalue weighted by Crippen LogP contribution is -2.62. The van der Waals surface area contributed by atoms with Gasteiger partial charge in [-0.15, -0.1) is 0 Å². The molecule has 1 saturated heterocycles. The largest absolute Gasteiger partial charge is 0.347 e. The molecular weight excluding hydrogens is 654 g/mol. The minimum Gasteiger partial charge on any atom is -0.347 e. The predicted octanol–water partition coefficient (Wildman–Crippen LogP) is 1.51. The van der Waals surface area contributed by atoms with Gasteiger partial charge in [-0.05, 0) is 67.8 Å². The minimum absolute atomic E-state index is 0.0530. The molecule has 3 fully saturated rings. The maximum atomic E-state index is 14.2. The Bertz CT molecular complexity index is 1540. The van der Waals surface area contributed by atoms with Crippen molar-refractivity contribution in [2.45, 2.75) is 97.9 Å². The molecule has 1 aromatic rings. The highest BCUT2D eigenvalue weighted by molar-refractivity contribution is 6.38. The number of piperidine rings is 1. The van der Waals surface area contributed by atoms with Crippen molar-refractivity contribution in [1.29, 1.82) is 0 Å². The van der Waals surface area contributed by atoms with Gasteiger partial charge in [0.1, 0.15) is 24.2 Å². The quantitative estimate of drug-likeness (QED) is 0.204. The second-order valence-corrected chi connectivity index (χ2v) is 17.1. The SMILES string of the molecule is CN(C)C(=O)[C@@H](NC(=O)CNC(=O)C(=O)C(NC(=O)[C@@H]1[C@@H]2[C@H](CN1C(=O)[C@@H](NC(=O)NC(C)(C)C)C(C)(C)C)C2(C)C)C1CC1)c1ccccc1. The Labute approximate surface area is 300 Å². The molecule has 4 rings (SSSR count). The number of urea groups is 1. The summed E-state index contributed by atoms with van der Waals surface area (Å²) in [5.41, 5.74) is -0.884. The average Bonchev–Trinajstić information content (AvgIpc) is 3.90. The fourth-order valence-electron chi connectivity index (χ4n) is 6.99. The summed E-state index contributed by atoms with van der Waals surface area (Å²) in [6, 6.07) is 4.18. The van der Waals surface area contributed by atoms with Gasteiger partial charge in [-0.2, -0.15) is 0 Å². The molecule has 14 nitrogen and oxygen atoms in total. The Balaban J connectivity index is 1.45. The van der Waals surface area contributed by atoms with E-state index in [2.05, 4.69) is 26.6 Å². The van der Waals surface area contributed by atoms with E-state index in [1.807, 2.05) is 55.4 Å². The van der Waals surface area contributed by atoms with Crippen LogP contribution in [0, 0.1) is 28.6 Å². The van der Waals surface area contributed by atoms with Crippen molar-refractivity contribution in [1.82, 2.24) is 36.4 Å². The number of likely N-dealkylation sites (tertiary alicyclic amines) is 1. The zero-order valence-corrected chi connectivity index (χ0v) is 31.5. The van der Waals surface area contributed by atoms with Gasteiger partial charge in [0.25, 0.3) is 5.91 Å². The maximum absolute atomic E-state index is 14.2. The number of fused-ring (bicyclic) bond motifs is 1. The molecule has 5 N–H and O–H groups in total. The van der Waals surface area contributed by atoms with Crippen molar-refractivity contribution in [2.24, 2.45) is 28.6 Å². The third-order valence-electron chi connectivity index (χ3n) is 10.1. The number of amides is 7. The van der Waals surface area contributed by atoms with Crippen LogP contribution in [0.5, 0.6) is 0 Å². The van der Waals surface area contributed by atoms with Crippen molar-refractivity contribution in [3.63, 3.8) is 0 Å². The van der Waals surface area contributed by atoms with Gasteiger partial charge in [-0.25, -0.2) is 4.79 Å². The van der Waals surface area contributed by atoms with E-state index in [1.165, 1.54) is 9.80 Å². The van der Waals surface area contributed by atoms with Crippen molar-refractivity contribution < 1.29 is 33.6 Å². The molecule has 2 aliphatic carbocycles. The van der Waals surface area contributed by atoms with Gasteiger partial charge in [-0.1, -0.05) is 65.0 Å². The first-order chi connectivity index (χ1) is 23.5. The summed E-state index contributed by atoms with van der Waals surface area (Å²) >= 11 is 0. The highest BCUT2D eigenvalue weighted by atomic mass is 16.2. The molecule has 0 aromatic heterocycles. The van der Waals surface area contributed by atoms with E-state index < -0.39 is 77.1 Å². The van der Waals surface area contributed by atoms with Gasteiger partial charge in [-0.3, -0.25) is 28.8 Å². The summed E-state index contributed by atoms with van der Waals surface area (Å²) in [5.74, 6) is -4.27. The van der Waals surface area contributed by atoms with Crippen LogP contribution in [0.4, 0.5) is 4.79 Å². The first-order valence-electron chi connectivity index (χ1n) is 17.6. The van der Waals surface area contributed by atoms with Crippen LogP contribution in [0.2, 0.25) is 0 Å². The van der Waals surface area contributed by atoms with E-state index in [0.29, 0.717) is 24.9 Å². The Kier molecular flexibility index (Phi) is 11.3. The van der Waals surface area contributed by atoms with Crippen LogP contribution >= 0.6 is 0 Å². The molecule has 1 aromatic carbocycles. The number of nitrogens with one attached hydrogen (secondary N) is 5. The highest BCUT2D eigenvalue weighted by Gasteiger charge is 2.70. The molecule has 0 spiro atoms. The number of benzene rings is 1. The highest BCUT2D eigenvalue weighted by Crippen LogP contribution is 2.65. The van der Waals surface area contributed by atoms with Crippen LogP contribution in [0.15, 0.2) is 30.3 Å². The van der Waals surface area contributed by atoms with Gasteiger partial charge in [0, 0.05) is 26.2 Å². The number of hydrogen-bond acceptors (Lipinski definition) is 7. The molecule has 2 saturated carbocycles. The van der Waals surface area contributed by atoms with Crippen LogP contribution in [-0.4, -0.2) is 102 Å². The van der Waals surface area contributed by atoms with E-state index in [0.717, 1.165) is 0 Å². The minimum atomic E-state index is -1.14. The van der Waals surface area contributed by atoms with E-state index in [4.69, 9.17) is 0 Å². The van der Waals surface area contributed by atoms with Gasteiger partial charge < -0.3 is 36.4 Å². The first kappa shape index (κ1) is 39.3. The molecule has 1 aliphatic heterocycles. The van der Waals surface area contributed by atoms with E-state index in [-0.39, 0.29) is 29.1 Å². The van der Waals surface area contributed by atoms with E-state index >= 15 is 0 Å². The molecule has 7 amide bonds. The second-order valence-electron chi connectivity index (χ2n) is 17.1. The zero-order chi connectivity index (χ0) is 38.2. The monoisotopic (exact) mass is 709 g/mol. The molecule has 1 unspecified atom stereocenters. The number of carbonyl (C=O) groups is 7. The third kappa shape index (κ3) is 9.25. The number of likely N-dealkylation sites (N-methyl/N-ethyl adjacent to an activating group) is 1. The van der Waals surface area contributed by atoms with Gasteiger partial charge in [0.15, 0.2) is 0 Å². The van der Waals surface area contributed by atoms with Crippen LogP contribution in [0.3, 0.4) is 0 Å². The van der Waals surface area contributed by atoms with Crippen molar-refractivity contribution >= 4 is 41.4 Å². The van der Waals surface area contributed by atoms with Gasteiger partial charge >= 0.3 is 6.03 Å². The molecule has 14 heteroatoms. The Morgan fingerprint density at radius 1 is 0.902 bits per heavy atom. The summed E-state index contributed by atoms with van der Waals surface area (Å²) in [6.45, 7) is 14.9. The van der Waals surface area contributed by atoms with E-state index in [1.54, 1.807) is 44.4 Å². The summed E-state index contributed by atoms with van der Waals surface area (Å²) < 4.78 is 0. The second kappa shape index (κ2) is 14.6. The number of hydrogen-bond donors (Lipinski definition) is 5. The van der Waals surface area contributed by atoms with E-state index in [9.17, 15) is 33.6 Å². The fourth-order valence-corrected chi connectivity index (χ4v) is 6.99. The Hall–Kier alpha value is -4.49. The lowest BCUT2D eigenvalue weighted by Gasteiger charge is -2.38. The van der Waals surface area contributed by atoms with Crippen molar-refractivity contribution in [3.8, 4) is 0 Å². The van der Waals surface area contributed by atoms with Crippen LogP contribution in [0.25, 0.3) is 0 Å². The van der Waals surface area contributed by atoms with Gasteiger partial charge in [0.05, 0.1) is 6.54 Å². The molecule has 51 heavy (non-hydrogen) atoms. The number of ketones is 1. The third-order valence-corrected chi connectivity index (χ3v) is 10.1. The maximum Gasteiger partial charge on any atom is 0.315 e. The molecule has 0 radical (unpaired) electrons. The molecule has 1 heterocycles. The summed E-state index contributed by atoms with van der Waals surface area (Å²) in [6.07, 6.45) is 1.25. The Morgan fingerprint density at radius 2 is 1.51 bits per heavy atom. The summed E-state index contributed by atoms with van der Waals surface area (Å²) in [4.78, 5) is 96.2. The number of carbonyl (C=O) groups excluding carboxylic acids is 7. The van der Waals surface area contributed by atoms with Crippen molar-refractivity contribution in [2.75, 3.05) is 27.2 Å². The fraction of sp³-hybridized carbons (Fsp3) is 0.649. The van der Waals surface area contributed by atoms with Gasteiger partial charge in [0.2, 0.25) is 29.4 Å².